The molecule has 1 aromatic rings. The number of nitrogens with zero attached hydrogens (tertiary/aromatic N) is 3. The highest BCUT2D eigenvalue weighted by atomic mass is 127. The Balaban J connectivity index is 0.00000364. The van der Waals surface area contributed by atoms with Gasteiger partial charge in [-0.05, 0) is 36.8 Å². The quantitative estimate of drug-likeness (QED) is 0.336. The molecule has 6 nitrogen and oxygen atoms in total. The SMILES string of the molecule is CCC1(CNC(=NC)NCC(=O)N(C)CCc2ccccn2)CCCC1.I. The molecule has 7 heteroatoms. The lowest BCUT2D eigenvalue weighted by Gasteiger charge is -2.28. The van der Waals surface area contributed by atoms with E-state index in [0.717, 1.165) is 18.7 Å². The molecule has 0 radical (unpaired) electrons. The molecule has 1 aliphatic carbocycles. The highest BCUT2D eigenvalue weighted by molar-refractivity contribution is 14.0. The Kier molecular flexibility index (Phi) is 10.6. The Morgan fingerprint density at radius 3 is 2.63 bits per heavy atom. The van der Waals surface area contributed by atoms with E-state index in [9.17, 15) is 4.79 Å². The second-order valence-electron chi connectivity index (χ2n) is 7.23. The summed E-state index contributed by atoms with van der Waals surface area (Å²) in [6.45, 7) is 4.09. The van der Waals surface area contributed by atoms with Crippen molar-refractivity contribution in [2.24, 2.45) is 10.4 Å². The summed E-state index contributed by atoms with van der Waals surface area (Å²) in [5.74, 6) is 0.756. The lowest BCUT2D eigenvalue weighted by Crippen LogP contribution is -2.46. The minimum atomic E-state index is 0. The van der Waals surface area contributed by atoms with E-state index in [0.29, 0.717) is 17.9 Å². The number of carbonyl (C=O) groups is 1. The molecule has 27 heavy (non-hydrogen) atoms. The average molecular weight is 487 g/mol. The summed E-state index contributed by atoms with van der Waals surface area (Å²) in [4.78, 5) is 22.6. The number of pyridine rings is 1. The van der Waals surface area contributed by atoms with E-state index in [1.165, 1.54) is 32.1 Å². The zero-order chi connectivity index (χ0) is 18.8. The van der Waals surface area contributed by atoms with Gasteiger partial charge in [-0.25, -0.2) is 0 Å². The Labute approximate surface area is 180 Å². The van der Waals surface area contributed by atoms with Crippen LogP contribution in [0.15, 0.2) is 29.4 Å². The van der Waals surface area contributed by atoms with Crippen molar-refractivity contribution in [1.29, 1.82) is 0 Å². The van der Waals surface area contributed by atoms with Crippen LogP contribution in [0.2, 0.25) is 0 Å². The summed E-state index contributed by atoms with van der Waals surface area (Å²) < 4.78 is 0. The van der Waals surface area contributed by atoms with Crippen molar-refractivity contribution in [3.63, 3.8) is 0 Å². The molecule has 1 saturated carbocycles. The maximum absolute atomic E-state index is 12.3. The fourth-order valence-corrected chi connectivity index (χ4v) is 3.52. The van der Waals surface area contributed by atoms with Gasteiger partial charge in [-0.3, -0.25) is 14.8 Å². The van der Waals surface area contributed by atoms with Crippen molar-refractivity contribution in [2.75, 3.05) is 33.7 Å². The topological polar surface area (TPSA) is 69.6 Å². The van der Waals surface area contributed by atoms with Crippen LogP contribution in [0.1, 0.15) is 44.7 Å². The number of guanidine groups is 1. The van der Waals surface area contributed by atoms with Crippen LogP contribution in [0.25, 0.3) is 0 Å². The summed E-state index contributed by atoms with van der Waals surface area (Å²) in [5, 5.41) is 6.56. The molecule has 1 aromatic heterocycles. The second-order valence-corrected chi connectivity index (χ2v) is 7.23. The number of hydrogen-bond donors (Lipinski definition) is 2. The van der Waals surface area contributed by atoms with Crippen LogP contribution >= 0.6 is 24.0 Å². The molecule has 0 bridgehead atoms. The molecule has 0 aliphatic heterocycles. The average Bonchev–Trinajstić information content (AvgIpc) is 3.16. The van der Waals surface area contributed by atoms with E-state index >= 15 is 0 Å². The van der Waals surface area contributed by atoms with Crippen LogP contribution in [0.3, 0.4) is 0 Å². The first-order chi connectivity index (χ1) is 12.6. The first kappa shape index (κ1) is 23.7. The number of likely N-dealkylation sites (N-methyl/N-ethyl adjacent to an activating group) is 1. The normalized spacial score (nSPS) is 15.7. The third-order valence-electron chi connectivity index (χ3n) is 5.53. The van der Waals surface area contributed by atoms with E-state index in [2.05, 4.69) is 27.5 Å². The molecule has 1 fully saturated rings. The van der Waals surface area contributed by atoms with E-state index < -0.39 is 0 Å². The van der Waals surface area contributed by atoms with Crippen LogP contribution in [-0.2, 0) is 11.2 Å². The van der Waals surface area contributed by atoms with Crippen molar-refractivity contribution in [1.82, 2.24) is 20.5 Å². The first-order valence-electron chi connectivity index (χ1n) is 9.67. The van der Waals surface area contributed by atoms with Gasteiger partial charge in [0.05, 0.1) is 6.54 Å². The number of halogens is 1. The lowest BCUT2D eigenvalue weighted by molar-refractivity contribution is -0.128. The van der Waals surface area contributed by atoms with E-state index in [1.54, 1.807) is 18.1 Å². The van der Waals surface area contributed by atoms with Gasteiger partial charge < -0.3 is 15.5 Å². The number of aliphatic imine (C=N–C) groups is 1. The summed E-state index contributed by atoms with van der Waals surface area (Å²) in [7, 11) is 3.58. The first-order valence-corrected chi connectivity index (χ1v) is 9.67. The molecule has 0 atom stereocenters. The number of amides is 1. The van der Waals surface area contributed by atoms with Gasteiger partial charge in [0.25, 0.3) is 0 Å². The summed E-state index contributed by atoms with van der Waals surface area (Å²) >= 11 is 0. The van der Waals surface area contributed by atoms with Crippen LogP contribution in [0.4, 0.5) is 0 Å². The molecule has 0 aromatic carbocycles. The molecule has 0 unspecified atom stereocenters. The molecule has 152 valence electrons. The van der Waals surface area contributed by atoms with Crippen LogP contribution in [0.5, 0.6) is 0 Å². The Hall–Kier alpha value is -1.38. The smallest absolute Gasteiger partial charge is 0.241 e. The van der Waals surface area contributed by atoms with Crippen molar-refractivity contribution in [3.05, 3.63) is 30.1 Å². The van der Waals surface area contributed by atoms with E-state index in [-0.39, 0.29) is 36.4 Å². The molecule has 1 amide bonds. The zero-order valence-corrected chi connectivity index (χ0v) is 19.2. The van der Waals surface area contributed by atoms with E-state index in [1.807, 2.05) is 25.2 Å². The van der Waals surface area contributed by atoms with E-state index in [4.69, 9.17) is 0 Å². The standard InChI is InChI=1S/C20H33N5O.HI/c1-4-20(11-6-7-12-20)16-24-19(21-2)23-15-18(26)25(3)14-10-17-9-5-8-13-22-17;/h5,8-9,13H,4,6-7,10-12,14-16H2,1-3H3,(H2,21,23,24);1H. The van der Waals surface area contributed by atoms with Gasteiger partial charge in [0, 0.05) is 45.5 Å². The minimum Gasteiger partial charge on any atom is -0.356 e. The number of aromatic nitrogens is 1. The minimum absolute atomic E-state index is 0. The second kappa shape index (κ2) is 12.2. The summed E-state index contributed by atoms with van der Waals surface area (Å²) in [6, 6.07) is 5.85. The third kappa shape index (κ3) is 7.63. The lowest BCUT2D eigenvalue weighted by atomic mass is 9.83. The predicted octanol–water partition coefficient (Wildman–Crippen LogP) is 2.84. The summed E-state index contributed by atoms with van der Waals surface area (Å²) in [5.41, 5.74) is 1.39. The zero-order valence-electron chi connectivity index (χ0n) is 16.8. The number of carbonyl (C=O) groups excluding carboxylic acids is 1. The third-order valence-corrected chi connectivity index (χ3v) is 5.53. The van der Waals surface area contributed by atoms with Gasteiger partial charge in [0.15, 0.2) is 5.96 Å². The van der Waals surface area contributed by atoms with Crippen molar-refractivity contribution in [2.45, 2.75) is 45.4 Å². The monoisotopic (exact) mass is 487 g/mol. The van der Waals surface area contributed by atoms with Crippen LogP contribution in [-0.4, -0.2) is 55.5 Å². The molecule has 2 N–H and O–H groups in total. The van der Waals surface area contributed by atoms with Gasteiger partial charge in [-0.1, -0.05) is 25.8 Å². The summed E-state index contributed by atoms with van der Waals surface area (Å²) in [6.07, 6.45) is 8.93. The van der Waals surface area contributed by atoms with Crippen LogP contribution < -0.4 is 10.6 Å². The molecule has 1 aliphatic rings. The highest BCUT2D eigenvalue weighted by Crippen LogP contribution is 2.40. The fraction of sp³-hybridized carbons (Fsp3) is 0.650. The van der Waals surface area contributed by atoms with Gasteiger partial charge in [0.1, 0.15) is 0 Å². The van der Waals surface area contributed by atoms with Crippen molar-refractivity contribution >= 4 is 35.8 Å². The molecule has 0 spiro atoms. The van der Waals surface area contributed by atoms with Gasteiger partial charge in [-0.15, -0.1) is 24.0 Å². The Morgan fingerprint density at radius 2 is 2.04 bits per heavy atom. The maximum Gasteiger partial charge on any atom is 0.241 e. The number of hydrogen-bond acceptors (Lipinski definition) is 3. The molecule has 1 heterocycles. The van der Waals surface area contributed by atoms with Crippen LogP contribution in [0, 0.1) is 5.41 Å². The molecular formula is C20H34IN5O. The Morgan fingerprint density at radius 1 is 1.30 bits per heavy atom. The van der Waals surface area contributed by atoms with Gasteiger partial charge in [-0.2, -0.15) is 0 Å². The van der Waals surface area contributed by atoms with Gasteiger partial charge in [0.2, 0.25) is 5.91 Å². The van der Waals surface area contributed by atoms with Crippen molar-refractivity contribution < 1.29 is 4.79 Å². The maximum atomic E-state index is 12.3. The fourth-order valence-electron chi connectivity index (χ4n) is 3.52. The highest BCUT2D eigenvalue weighted by Gasteiger charge is 2.31. The largest absolute Gasteiger partial charge is 0.356 e. The number of rotatable bonds is 8. The van der Waals surface area contributed by atoms with Crippen molar-refractivity contribution in [3.8, 4) is 0 Å². The molecule has 2 rings (SSSR count). The molecular weight excluding hydrogens is 453 g/mol. The Bertz CT molecular complexity index is 587. The van der Waals surface area contributed by atoms with Gasteiger partial charge >= 0.3 is 0 Å². The number of nitrogens with one attached hydrogen (secondary N) is 2. The predicted molar refractivity (Wildman–Crippen MR) is 122 cm³/mol. The molecule has 0 saturated heterocycles.